The molecule has 1 aromatic rings. The van der Waals surface area contributed by atoms with Crippen LogP contribution >= 0.6 is 0 Å². The highest BCUT2D eigenvalue weighted by molar-refractivity contribution is 5.17. The predicted octanol–water partition coefficient (Wildman–Crippen LogP) is 4.10. The van der Waals surface area contributed by atoms with Crippen LogP contribution in [0.1, 0.15) is 31.2 Å². The van der Waals surface area contributed by atoms with Gasteiger partial charge in [0.05, 0.1) is 12.0 Å². The fourth-order valence-electron chi connectivity index (χ4n) is 2.90. The summed E-state index contributed by atoms with van der Waals surface area (Å²) in [5, 5.41) is 10.1. The largest absolute Gasteiger partial charge is 0.392 e. The molecule has 0 saturated heterocycles. The molecule has 0 amide bonds. The van der Waals surface area contributed by atoms with Crippen molar-refractivity contribution in [1.29, 1.82) is 0 Å². The monoisotopic (exact) mass is 290 g/mol. The van der Waals surface area contributed by atoms with Gasteiger partial charge in [-0.25, -0.2) is 4.39 Å². The van der Waals surface area contributed by atoms with Gasteiger partial charge in [-0.1, -0.05) is 18.6 Å². The van der Waals surface area contributed by atoms with Crippen LogP contribution in [0.2, 0.25) is 0 Å². The van der Waals surface area contributed by atoms with Gasteiger partial charge >= 0.3 is 6.18 Å². The summed E-state index contributed by atoms with van der Waals surface area (Å²) in [6.07, 6.45) is -3.44. The molecule has 1 fully saturated rings. The van der Waals surface area contributed by atoms with E-state index in [1.54, 1.807) is 12.1 Å². The molecule has 3 unspecified atom stereocenters. The van der Waals surface area contributed by atoms with E-state index in [0.717, 1.165) is 5.56 Å². The lowest BCUT2D eigenvalue weighted by Crippen LogP contribution is -2.34. The van der Waals surface area contributed by atoms with E-state index >= 15 is 0 Å². The Morgan fingerprint density at radius 1 is 1.15 bits per heavy atom. The fourth-order valence-corrected chi connectivity index (χ4v) is 2.90. The Morgan fingerprint density at radius 3 is 2.40 bits per heavy atom. The normalized spacial score (nSPS) is 25.4. The number of hydrogen-bond acceptors (Lipinski definition) is 1. The zero-order valence-corrected chi connectivity index (χ0v) is 11.0. The number of benzene rings is 1. The van der Waals surface area contributed by atoms with Crippen LogP contribution < -0.4 is 0 Å². The molecule has 2 rings (SSSR count). The van der Waals surface area contributed by atoms with Crippen molar-refractivity contribution in [3.8, 4) is 0 Å². The first-order valence-electron chi connectivity index (χ1n) is 6.85. The second-order valence-electron chi connectivity index (χ2n) is 5.56. The Morgan fingerprint density at radius 2 is 1.80 bits per heavy atom. The molecule has 112 valence electrons. The van der Waals surface area contributed by atoms with Gasteiger partial charge in [-0.2, -0.15) is 13.2 Å². The molecule has 1 aliphatic carbocycles. The predicted molar refractivity (Wildman–Crippen MR) is 67.6 cm³/mol. The average molecular weight is 290 g/mol. The number of aliphatic hydroxyl groups excluding tert-OH is 1. The van der Waals surface area contributed by atoms with E-state index in [4.69, 9.17) is 0 Å². The number of hydrogen-bond donors (Lipinski definition) is 1. The molecule has 0 radical (unpaired) electrons. The second-order valence-corrected chi connectivity index (χ2v) is 5.56. The highest BCUT2D eigenvalue weighted by Gasteiger charge is 2.43. The maximum Gasteiger partial charge on any atom is 0.391 e. The summed E-state index contributed by atoms with van der Waals surface area (Å²) in [6.45, 7) is 0. The first-order chi connectivity index (χ1) is 9.36. The molecule has 5 heteroatoms. The van der Waals surface area contributed by atoms with Crippen molar-refractivity contribution in [2.24, 2.45) is 11.8 Å². The summed E-state index contributed by atoms with van der Waals surface area (Å²) >= 11 is 0. The fraction of sp³-hybridized carbons (Fsp3) is 0.600. The highest BCUT2D eigenvalue weighted by atomic mass is 19.4. The summed E-state index contributed by atoms with van der Waals surface area (Å²) in [5.74, 6) is -2.00. The third-order valence-electron chi connectivity index (χ3n) is 4.08. The standard InChI is InChI=1S/C15H18F4O/c16-13-6-4-10(5-7-13)8-14(20)11-2-1-3-12(9-11)15(17,18)19/h4-7,11-12,14,20H,1-3,8-9H2. The molecule has 3 atom stereocenters. The first-order valence-corrected chi connectivity index (χ1v) is 6.85. The molecule has 0 bridgehead atoms. The number of alkyl halides is 3. The maximum absolute atomic E-state index is 12.8. The highest BCUT2D eigenvalue weighted by Crippen LogP contribution is 2.41. The third kappa shape index (κ3) is 3.95. The second kappa shape index (κ2) is 6.12. The molecule has 0 heterocycles. The SMILES string of the molecule is OC(Cc1ccc(F)cc1)C1CCCC(C(F)(F)F)C1. The van der Waals surface area contributed by atoms with Crippen molar-refractivity contribution in [2.75, 3.05) is 0 Å². The van der Waals surface area contributed by atoms with Crippen molar-refractivity contribution in [3.05, 3.63) is 35.6 Å². The van der Waals surface area contributed by atoms with Crippen LogP contribution in [-0.4, -0.2) is 17.4 Å². The average Bonchev–Trinajstić information content (AvgIpc) is 2.40. The topological polar surface area (TPSA) is 20.2 Å². The van der Waals surface area contributed by atoms with E-state index in [-0.39, 0.29) is 31.0 Å². The van der Waals surface area contributed by atoms with Crippen LogP contribution in [0.25, 0.3) is 0 Å². The van der Waals surface area contributed by atoms with E-state index in [9.17, 15) is 22.7 Å². The minimum atomic E-state index is -4.17. The van der Waals surface area contributed by atoms with Gasteiger partial charge in [-0.05, 0) is 49.3 Å². The molecule has 1 N–H and O–H groups in total. The Bertz CT molecular complexity index is 426. The smallest absolute Gasteiger partial charge is 0.391 e. The molecule has 1 saturated carbocycles. The van der Waals surface area contributed by atoms with E-state index in [0.29, 0.717) is 12.8 Å². The van der Waals surface area contributed by atoms with Crippen LogP contribution in [0.5, 0.6) is 0 Å². The van der Waals surface area contributed by atoms with Gasteiger partial charge in [0.2, 0.25) is 0 Å². The van der Waals surface area contributed by atoms with Gasteiger partial charge in [0, 0.05) is 0 Å². The molecule has 0 spiro atoms. The molecule has 0 aliphatic heterocycles. The first kappa shape index (κ1) is 15.3. The number of rotatable bonds is 3. The lowest BCUT2D eigenvalue weighted by molar-refractivity contribution is -0.188. The Balaban J connectivity index is 1.95. The minimum Gasteiger partial charge on any atom is -0.392 e. The van der Waals surface area contributed by atoms with Crippen molar-refractivity contribution < 1.29 is 22.7 Å². The Hall–Kier alpha value is -1.10. The van der Waals surface area contributed by atoms with Gasteiger partial charge in [0.15, 0.2) is 0 Å². The summed E-state index contributed by atoms with van der Waals surface area (Å²) < 4.78 is 51.0. The molecular weight excluding hydrogens is 272 g/mol. The molecular formula is C15H18F4O. The van der Waals surface area contributed by atoms with Gasteiger partial charge in [-0.3, -0.25) is 0 Å². The van der Waals surface area contributed by atoms with E-state index < -0.39 is 18.2 Å². The quantitative estimate of drug-likeness (QED) is 0.831. The van der Waals surface area contributed by atoms with Crippen LogP contribution in [0.4, 0.5) is 17.6 Å². The molecule has 1 aromatic carbocycles. The van der Waals surface area contributed by atoms with E-state index in [1.807, 2.05) is 0 Å². The summed E-state index contributed by atoms with van der Waals surface area (Å²) in [4.78, 5) is 0. The van der Waals surface area contributed by atoms with Gasteiger partial charge < -0.3 is 5.11 Å². The molecule has 1 aliphatic rings. The lowest BCUT2D eigenvalue weighted by atomic mass is 9.77. The van der Waals surface area contributed by atoms with Crippen molar-refractivity contribution in [2.45, 2.75) is 44.4 Å². The van der Waals surface area contributed by atoms with Crippen molar-refractivity contribution in [3.63, 3.8) is 0 Å². The van der Waals surface area contributed by atoms with Gasteiger partial charge in [0.25, 0.3) is 0 Å². The van der Waals surface area contributed by atoms with Crippen LogP contribution in [-0.2, 0) is 6.42 Å². The van der Waals surface area contributed by atoms with Crippen molar-refractivity contribution in [1.82, 2.24) is 0 Å². The molecule has 0 aromatic heterocycles. The number of aliphatic hydroxyl groups is 1. The zero-order chi connectivity index (χ0) is 14.8. The maximum atomic E-state index is 12.8. The molecule has 20 heavy (non-hydrogen) atoms. The summed E-state index contributed by atoms with van der Waals surface area (Å²) in [5.41, 5.74) is 0.744. The Kier molecular flexibility index (Phi) is 4.68. The lowest BCUT2D eigenvalue weighted by Gasteiger charge is -2.33. The summed E-state index contributed by atoms with van der Waals surface area (Å²) in [6, 6.07) is 5.70. The Labute approximate surface area is 115 Å². The molecule has 1 nitrogen and oxygen atoms in total. The summed E-state index contributed by atoms with van der Waals surface area (Å²) in [7, 11) is 0. The van der Waals surface area contributed by atoms with Crippen LogP contribution in [0, 0.1) is 17.7 Å². The minimum absolute atomic E-state index is 0.00807. The zero-order valence-electron chi connectivity index (χ0n) is 11.0. The van der Waals surface area contributed by atoms with E-state index in [1.165, 1.54) is 12.1 Å². The van der Waals surface area contributed by atoms with E-state index in [2.05, 4.69) is 0 Å². The van der Waals surface area contributed by atoms with Crippen molar-refractivity contribution >= 4 is 0 Å². The van der Waals surface area contributed by atoms with Gasteiger partial charge in [-0.15, -0.1) is 0 Å². The third-order valence-corrected chi connectivity index (χ3v) is 4.08. The van der Waals surface area contributed by atoms with Crippen LogP contribution in [0.15, 0.2) is 24.3 Å². The van der Waals surface area contributed by atoms with Gasteiger partial charge in [0.1, 0.15) is 5.82 Å². The van der Waals surface area contributed by atoms with Crippen LogP contribution in [0.3, 0.4) is 0 Å². The number of halogens is 4.